The van der Waals surface area contributed by atoms with E-state index in [4.69, 9.17) is 11.5 Å². The number of hydrogen-bond donors (Lipinski definition) is 9. The molecule has 0 aliphatic carbocycles. The molecule has 0 aliphatic heterocycles. The molecule has 2 rings (SSSR count). The van der Waals surface area contributed by atoms with Crippen LogP contribution in [-0.4, -0.2) is 86.8 Å². The Kier molecular flexibility index (Phi) is 11.8. The van der Waals surface area contributed by atoms with Gasteiger partial charge in [0.2, 0.25) is 17.7 Å². The zero-order valence-corrected chi connectivity index (χ0v) is 21.6. The van der Waals surface area contributed by atoms with Crippen LogP contribution in [0.1, 0.15) is 38.2 Å². The average Bonchev–Trinajstić information content (AvgIpc) is 3.28. The molecule has 0 aliphatic rings. The molecule has 1 aromatic carbocycles. The molecular formula is C25H36N6O8. The molecular weight excluding hydrogens is 512 g/mol. The molecule has 0 bridgehead atoms. The van der Waals surface area contributed by atoms with Crippen molar-refractivity contribution in [1.82, 2.24) is 20.9 Å². The van der Waals surface area contributed by atoms with Crippen molar-refractivity contribution < 1.29 is 39.3 Å². The number of amides is 3. The molecule has 1 heterocycles. The highest BCUT2D eigenvalue weighted by Crippen LogP contribution is 2.19. The molecule has 11 N–H and O–H groups in total. The van der Waals surface area contributed by atoms with Crippen molar-refractivity contribution in [3.05, 3.63) is 36.0 Å². The quantitative estimate of drug-likeness (QED) is 0.110. The number of nitrogens with one attached hydrogen (secondary N) is 4. The normalized spacial score (nSPS) is 15.0. The van der Waals surface area contributed by atoms with Crippen LogP contribution in [0.4, 0.5) is 0 Å². The summed E-state index contributed by atoms with van der Waals surface area (Å²) in [5.74, 6) is -5.65. The summed E-state index contributed by atoms with van der Waals surface area (Å²) in [6, 6.07) is 1.49. The number of carbonyl (C=O) groups excluding carboxylic acids is 3. The second-order valence-corrected chi connectivity index (χ2v) is 9.24. The molecule has 214 valence electrons. The van der Waals surface area contributed by atoms with Gasteiger partial charge in [0.25, 0.3) is 0 Å². The number of rotatable bonds is 16. The number of fused-ring (bicyclic) bond motifs is 1. The maximum Gasteiger partial charge on any atom is 0.326 e. The number of para-hydroxylation sites is 1. The summed E-state index contributed by atoms with van der Waals surface area (Å²) in [5, 5.41) is 36.6. The summed E-state index contributed by atoms with van der Waals surface area (Å²) in [4.78, 5) is 64.6. The lowest BCUT2D eigenvalue weighted by atomic mass is 10.0. The van der Waals surface area contributed by atoms with Crippen molar-refractivity contribution in [3.63, 3.8) is 0 Å². The topological polar surface area (TPSA) is 250 Å². The highest BCUT2D eigenvalue weighted by atomic mass is 16.4. The number of unbranched alkanes of at least 4 members (excludes halogenated alkanes) is 1. The Bertz CT molecular complexity index is 1170. The number of carbonyl (C=O) groups is 5. The standard InChI is InChI=1S/C25H36N6O8/c1-13(32)21(31-22(35)16(27)7-4-5-9-26)24(37)29-18(11-20(33)34)23(36)30-19(25(38)39)10-14-12-28-17-8-3-2-6-15(14)17/h2-3,6,8,12-13,16,18-19,21,28,32H,4-5,7,9-11,26-27H2,1H3,(H,29,37)(H,30,36)(H,31,35)(H,33,34)(H,38,39). The van der Waals surface area contributed by atoms with Crippen LogP contribution in [0.2, 0.25) is 0 Å². The van der Waals surface area contributed by atoms with Gasteiger partial charge >= 0.3 is 11.9 Å². The van der Waals surface area contributed by atoms with E-state index in [1.807, 2.05) is 0 Å². The lowest BCUT2D eigenvalue weighted by molar-refractivity contribution is -0.143. The van der Waals surface area contributed by atoms with Gasteiger partial charge in [-0.15, -0.1) is 0 Å². The summed E-state index contributed by atoms with van der Waals surface area (Å²) in [6.45, 7) is 1.64. The number of aliphatic carboxylic acids is 2. The van der Waals surface area contributed by atoms with Gasteiger partial charge in [0, 0.05) is 23.5 Å². The number of hydrogen-bond acceptors (Lipinski definition) is 8. The van der Waals surface area contributed by atoms with Crippen LogP contribution in [0.15, 0.2) is 30.5 Å². The lowest BCUT2D eigenvalue weighted by Crippen LogP contribution is -2.60. The predicted octanol–water partition coefficient (Wildman–Crippen LogP) is -1.44. The van der Waals surface area contributed by atoms with Gasteiger partial charge in [-0.05, 0) is 37.9 Å². The highest BCUT2D eigenvalue weighted by Gasteiger charge is 2.33. The van der Waals surface area contributed by atoms with Crippen LogP contribution in [-0.2, 0) is 30.4 Å². The van der Waals surface area contributed by atoms with E-state index in [0.717, 1.165) is 10.9 Å². The third kappa shape index (κ3) is 9.35. The number of aromatic nitrogens is 1. The fourth-order valence-electron chi connectivity index (χ4n) is 3.94. The van der Waals surface area contributed by atoms with Gasteiger partial charge in [-0.25, -0.2) is 4.79 Å². The Labute approximate surface area is 224 Å². The highest BCUT2D eigenvalue weighted by molar-refractivity contribution is 5.96. The van der Waals surface area contributed by atoms with E-state index in [2.05, 4.69) is 20.9 Å². The summed E-state index contributed by atoms with van der Waals surface area (Å²) >= 11 is 0. The molecule has 1 aromatic heterocycles. The fourth-order valence-corrected chi connectivity index (χ4v) is 3.94. The molecule has 2 aromatic rings. The number of aliphatic hydroxyl groups excluding tert-OH is 1. The Hall–Kier alpha value is -4.01. The largest absolute Gasteiger partial charge is 0.481 e. The van der Waals surface area contributed by atoms with Crippen LogP contribution in [0.3, 0.4) is 0 Å². The van der Waals surface area contributed by atoms with Crippen LogP contribution >= 0.6 is 0 Å². The zero-order valence-electron chi connectivity index (χ0n) is 21.6. The summed E-state index contributed by atoms with van der Waals surface area (Å²) in [5.41, 5.74) is 12.6. The molecule has 5 atom stereocenters. The Morgan fingerprint density at radius 3 is 2.23 bits per heavy atom. The van der Waals surface area contributed by atoms with E-state index in [0.29, 0.717) is 24.9 Å². The number of nitrogens with two attached hydrogens (primary N) is 2. The van der Waals surface area contributed by atoms with Crippen molar-refractivity contribution in [3.8, 4) is 0 Å². The second kappa shape index (κ2) is 14.8. The SMILES string of the molecule is CC(O)C(NC(=O)C(N)CCCCN)C(=O)NC(CC(=O)O)C(=O)NC(Cc1c[nH]c2ccccc12)C(=O)O. The zero-order chi connectivity index (χ0) is 29.1. The minimum Gasteiger partial charge on any atom is -0.481 e. The fraction of sp³-hybridized carbons (Fsp3) is 0.480. The van der Waals surface area contributed by atoms with Crippen molar-refractivity contribution in [2.75, 3.05) is 6.54 Å². The minimum atomic E-state index is -1.70. The molecule has 14 heteroatoms. The Morgan fingerprint density at radius 1 is 0.949 bits per heavy atom. The van der Waals surface area contributed by atoms with Gasteiger partial charge in [0.05, 0.1) is 18.6 Å². The first kappa shape index (κ1) is 31.2. The van der Waals surface area contributed by atoms with Crippen molar-refractivity contribution in [2.45, 2.75) is 69.3 Å². The minimum absolute atomic E-state index is 0.118. The molecule has 14 nitrogen and oxygen atoms in total. The van der Waals surface area contributed by atoms with E-state index in [9.17, 15) is 39.3 Å². The Morgan fingerprint density at radius 2 is 1.62 bits per heavy atom. The van der Waals surface area contributed by atoms with E-state index < -0.39 is 66.4 Å². The van der Waals surface area contributed by atoms with Gasteiger partial charge in [-0.3, -0.25) is 19.2 Å². The number of carboxylic acids is 2. The predicted molar refractivity (Wildman–Crippen MR) is 140 cm³/mol. The second-order valence-electron chi connectivity index (χ2n) is 9.24. The van der Waals surface area contributed by atoms with Crippen LogP contribution < -0.4 is 27.4 Å². The van der Waals surface area contributed by atoms with E-state index in [1.54, 1.807) is 30.5 Å². The number of aromatic amines is 1. The smallest absolute Gasteiger partial charge is 0.326 e. The van der Waals surface area contributed by atoms with Gasteiger partial charge in [-0.2, -0.15) is 0 Å². The number of benzene rings is 1. The molecule has 0 radical (unpaired) electrons. The van der Waals surface area contributed by atoms with Gasteiger partial charge in [0.1, 0.15) is 18.1 Å². The summed E-state index contributed by atoms with van der Waals surface area (Å²) in [7, 11) is 0. The molecule has 0 saturated heterocycles. The maximum atomic E-state index is 13.0. The summed E-state index contributed by atoms with van der Waals surface area (Å²) < 4.78 is 0. The third-order valence-electron chi connectivity index (χ3n) is 6.09. The van der Waals surface area contributed by atoms with Crippen LogP contribution in [0.25, 0.3) is 10.9 Å². The lowest BCUT2D eigenvalue weighted by Gasteiger charge is -2.26. The molecule has 0 saturated carbocycles. The Balaban J connectivity index is 2.13. The van der Waals surface area contributed by atoms with Crippen molar-refractivity contribution >= 4 is 40.6 Å². The van der Waals surface area contributed by atoms with E-state index >= 15 is 0 Å². The van der Waals surface area contributed by atoms with Gasteiger partial charge in [0.15, 0.2) is 0 Å². The third-order valence-corrected chi connectivity index (χ3v) is 6.09. The molecule has 0 fully saturated rings. The average molecular weight is 549 g/mol. The number of aliphatic hydroxyl groups is 1. The van der Waals surface area contributed by atoms with Crippen molar-refractivity contribution in [1.29, 1.82) is 0 Å². The maximum absolute atomic E-state index is 13.0. The van der Waals surface area contributed by atoms with E-state index in [-0.39, 0.29) is 12.8 Å². The number of H-pyrrole nitrogens is 1. The van der Waals surface area contributed by atoms with E-state index in [1.165, 1.54) is 6.92 Å². The monoisotopic (exact) mass is 548 g/mol. The van der Waals surface area contributed by atoms with Crippen molar-refractivity contribution in [2.24, 2.45) is 11.5 Å². The van der Waals surface area contributed by atoms with Crippen LogP contribution in [0.5, 0.6) is 0 Å². The first-order valence-corrected chi connectivity index (χ1v) is 12.5. The van der Waals surface area contributed by atoms with Crippen LogP contribution in [0, 0.1) is 0 Å². The molecule has 5 unspecified atom stereocenters. The molecule has 39 heavy (non-hydrogen) atoms. The summed E-state index contributed by atoms with van der Waals surface area (Å²) in [6.07, 6.45) is 0.691. The van der Waals surface area contributed by atoms with Gasteiger partial charge < -0.3 is 47.7 Å². The number of carboxylic acid groups (broad SMARTS) is 2. The first-order valence-electron chi connectivity index (χ1n) is 12.5. The molecule has 0 spiro atoms. The first-order chi connectivity index (χ1) is 18.4. The van der Waals surface area contributed by atoms with Gasteiger partial charge in [-0.1, -0.05) is 24.6 Å². The molecule has 3 amide bonds.